The third-order valence-corrected chi connectivity index (χ3v) is 7.25. The highest BCUT2D eigenvalue weighted by atomic mass is 35.5. The van der Waals surface area contributed by atoms with E-state index in [0.717, 1.165) is 4.90 Å². The monoisotopic (exact) mass is 516 g/mol. The van der Waals surface area contributed by atoms with Gasteiger partial charge in [0, 0.05) is 11.3 Å². The van der Waals surface area contributed by atoms with Gasteiger partial charge in [-0.3, -0.25) is 24.1 Å². The number of ether oxygens (including phenoxy) is 1. The number of hydrogen-bond donors (Lipinski definition) is 1. The molecule has 4 atom stereocenters. The number of halogens is 2. The van der Waals surface area contributed by atoms with Crippen LogP contribution >= 0.6 is 23.2 Å². The molecule has 2 aliphatic rings. The van der Waals surface area contributed by atoms with E-state index in [2.05, 4.69) is 5.32 Å². The Kier molecular flexibility index (Phi) is 7.23. The Labute approximate surface area is 211 Å². The van der Waals surface area contributed by atoms with E-state index < -0.39 is 30.3 Å². The Bertz CT molecular complexity index is 1170. The average Bonchev–Trinajstić information content (AvgIpc) is 3.07. The first kappa shape index (κ1) is 24.9. The smallest absolute Gasteiger partial charge is 0.338 e. The first-order chi connectivity index (χ1) is 16.7. The van der Waals surface area contributed by atoms with Crippen LogP contribution in [0.25, 0.3) is 0 Å². The Morgan fingerprint density at radius 1 is 0.943 bits per heavy atom. The normalized spacial score (nSPS) is 23.6. The molecule has 0 radical (unpaired) electrons. The number of hydrogen-bond acceptors (Lipinski definition) is 6. The molecule has 1 heterocycles. The maximum Gasteiger partial charge on any atom is 0.338 e. The van der Waals surface area contributed by atoms with Crippen molar-refractivity contribution in [1.29, 1.82) is 0 Å². The molecule has 1 N–H and O–H groups in total. The molecule has 3 amide bonds. The molecular weight excluding hydrogens is 495 g/mol. The molecule has 2 aromatic rings. The van der Waals surface area contributed by atoms with Gasteiger partial charge < -0.3 is 10.1 Å². The topological polar surface area (TPSA) is 110 Å². The van der Waals surface area contributed by atoms with Crippen LogP contribution < -0.4 is 10.2 Å². The standard InChI is InChI=1S/C25H22Cl2N2O6/c1-13(30)15-3-2-4-16(9-15)28-22(31)12-35-25(34)14-5-7-17(8-6-14)29-23(32)18-10-20(26)21(27)11-19(18)24(29)33/h2-9,18-21H,10-12H2,1H3,(H,28,31)/t18-,19+,20-,21-/m0/s1. The number of fused-ring (bicyclic) bond motifs is 1. The van der Waals surface area contributed by atoms with Gasteiger partial charge in [-0.15, -0.1) is 23.2 Å². The number of imide groups is 1. The number of alkyl halides is 2. The van der Waals surface area contributed by atoms with Crippen molar-refractivity contribution in [1.82, 2.24) is 0 Å². The second-order valence-electron chi connectivity index (χ2n) is 8.54. The number of esters is 1. The summed E-state index contributed by atoms with van der Waals surface area (Å²) in [6.07, 6.45) is 0.681. The van der Waals surface area contributed by atoms with Crippen LogP contribution in [0.5, 0.6) is 0 Å². The highest BCUT2D eigenvalue weighted by Gasteiger charge is 2.52. The molecule has 0 spiro atoms. The molecule has 0 unspecified atom stereocenters. The average molecular weight is 517 g/mol. The number of Topliss-reactive ketones (excluding diaryl/α,β-unsaturated/α-hetero) is 1. The van der Waals surface area contributed by atoms with Crippen LogP contribution in [0.3, 0.4) is 0 Å². The van der Waals surface area contributed by atoms with Crippen LogP contribution in [0, 0.1) is 11.8 Å². The summed E-state index contributed by atoms with van der Waals surface area (Å²) in [5.74, 6) is -3.10. The minimum absolute atomic E-state index is 0.140. The van der Waals surface area contributed by atoms with Crippen molar-refractivity contribution in [2.75, 3.05) is 16.8 Å². The number of nitrogens with zero attached hydrogens (tertiary/aromatic N) is 1. The Balaban J connectivity index is 1.36. The van der Waals surface area contributed by atoms with Gasteiger partial charge in [-0.25, -0.2) is 4.79 Å². The van der Waals surface area contributed by atoms with Crippen LogP contribution in [0.15, 0.2) is 48.5 Å². The van der Waals surface area contributed by atoms with Crippen LogP contribution in [0.1, 0.15) is 40.5 Å². The predicted octanol–water partition coefficient (Wildman–Crippen LogP) is 3.80. The number of carbonyl (C=O) groups is 5. The second-order valence-corrected chi connectivity index (χ2v) is 9.66. The van der Waals surface area contributed by atoms with Gasteiger partial charge in [-0.2, -0.15) is 0 Å². The zero-order valence-corrected chi connectivity index (χ0v) is 20.2. The van der Waals surface area contributed by atoms with Gasteiger partial charge in [0.15, 0.2) is 12.4 Å². The molecule has 10 heteroatoms. The summed E-state index contributed by atoms with van der Waals surface area (Å²) in [6, 6.07) is 12.2. The minimum Gasteiger partial charge on any atom is -0.452 e. The van der Waals surface area contributed by atoms with Crippen molar-refractivity contribution in [3.05, 3.63) is 59.7 Å². The largest absolute Gasteiger partial charge is 0.452 e. The summed E-state index contributed by atoms with van der Waals surface area (Å²) in [4.78, 5) is 62.8. The molecule has 1 aliphatic heterocycles. The van der Waals surface area contributed by atoms with Crippen molar-refractivity contribution in [3.63, 3.8) is 0 Å². The number of amides is 3. The van der Waals surface area contributed by atoms with Crippen molar-refractivity contribution in [2.24, 2.45) is 11.8 Å². The lowest BCUT2D eigenvalue weighted by molar-refractivity contribution is -0.122. The van der Waals surface area contributed by atoms with Crippen molar-refractivity contribution < 1.29 is 28.7 Å². The summed E-state index contributed by atoms with van der Waals surface area (Å²) >= 11 is 12.4. The van der Waals surface area contributed by atoms with Crippen molar-refractivity contribution >= 4 is 64.1 Å². The van der Waals surface area contributed by atoms with E-state index in [1.165, 1.54) is 37.3 Å². The summed E-state index contributed by atoms with van der Waals surface area (Å²) in [5.41, 5.74) is 1.34. The van der Waals surface area contributed by atoms with Gasteiger partial charge in [-0.1, -0.05) is 12.1 Å². The Morgan fingerprint density at radius 2 is 1.54 bits per heavy atom. The van der Waals surface area contributed by atoms with E-state index >= 15 is 0 Å². The van der Waals surface area contributed by atoms with Gasteiger partial charge in [0.2, 0.25) is 11.8 Å². The molecule has 182 valence electrons. The number of rotatable bonds is 6. The molecule has 1 saturated carbocycles. The molecule has 2 fully saturated rings. The van der Waals surface area contributed by atoms with E-state index in [1.807, 2.05) is 0 Å². The maximum atomic E-state index is 12.9. The highest BCUT2D eigenvalue weighted by molar-refractivity contribution is 6.31. The predicted molar refractivity (Wildman–Crippen MR) is 130 cm³/mol. The summed E-state index contributed by atoms with van der Waals surface area (Å²) < 4.78 is 5.05. The lowest BCUT2D eigenvalue weighted by atomic mass is 9.80. The first-order valence-corrected chi connectivity index (χ1v) is 11.9. The van der Waals surface area contributed by atoms with Gasteiger partial charge in [-0.05, 0) is 56.2 Å². The first-order valence-electron chi connectivity index (χ1n) is 11.0. The van der Waals surface area contributed by atoms with E-state index in [9.17, 15) is 24.0 Å². The van der Waals surface area contributed by atoms with E-state index in [0.29, 0.717) is 29.8 Å². The molecular formula is C25H22Cl2N2O6. The number of carbonyl (C=O) groups excluding carboxylic acids is 5. The molecule has 35 heavy (non-hydrogen) atoms. The van der Waals surface area contributed by atoms with Crippen LogP contribution in [-0.4, -0.2) is 46.8 Å². The molecule has 0 aromatic heterocycles. The fraction of sp³-hybridized carbons (Fsp3) is 0.320. The third-order valence-electron chi connectivity index (χ3n) is 6.16. The highest BCUT2D eigenvalue weighted by Crippen LogP contribution is 2.43. The SMILES string of the molecule is CC(=O)c1cccc(NC(=O)COC(=O)c2ccc(N3C(=O)[C@H]4C[C@H](Cl)[C@@H](Cl)C[C@H]4C3=O)cc2)c1. The molecule has 1 aliphatic carbocycles. The summed E-state index contributed by atoms with van der Waals surface area (Å²) in [5, 5.41) is 1.82. The molecule has 1 saturated heterocycles. The van der Waals surface area contributed by atoms with Gasteiger partial charge in [0.1, 0.15) is 0 Å². The van der Waals surface area contributed by atoms with Gasteiger partial charge in [0.05, 0.1) is 33.8 Å². The van der Waals surface area contributed by atoms with Crippen LogP contribution in [0.2, 0.25) is 0 Å². The minimum atomic E-state index is -0.744. The van der Waals surface area contributed by atoms with Crippen LogP contribution in [0.4, 0.5) is 11.4 Å². The third kappa shape index (κ3) is 5.23. The van der Waals surface area contributed by atoms with E-state index in [-0.39, 0.29) is 33.9 Å². The summed E-state index contributed by atoms with van der Waals surface area (Å²) in [7, 11) is 0. The molecule has 8 nitrogen and oxygen atoms in total. The van der Waals surface area contributed by atoms with Gasteiger partial charge >= 0.3 is 5.97 Å². The quantitative estimate of drug-likeness (QED) is 0.270. The fourth-order valence-electron chi connectivity index (χ4n) is 4.32. The second kappa shape index (κ2) is 10.2. The lowest BCUT2D eigenvalue weighted by Crippen LogP contribution is -2.34. The van der Waals surface area contributed by atoms with Gasteiger partial charge in [0.25, 0.3) is 5.91 Å². The number of ketones is 1. The summed E-state index contributed by atoms with van der Waals surface area (Å²) in [6.45, 7) is 0.886. The Morgan fingerprint density at radius 3 is 2.11 bits per heavy atom. The molecule has 2 aromatic carbocycles. The molecule has 0 bridgehead atoms. The number of benzene rings is 2. The van der Waals surface area contributed by atoms with E-state index in [1.54, 1.807) is 18.2 Å². The molecule has 4 rings (SSSR count). The number of nitrogens with one attached hydrogen (secondary N) is 1. The van der Waals surface area contributed by atoms with Crippen molar-refractivity contribution in [3.8, 4) is 0 Å². The zero-order chi connectivity index (χ0) is 25.3. The fourth-order valence-corrected chi connectivity index (χ4v) is 4.91. The maximum absolute atomic E-state index is 12.9. The van der Waals surface area contributed by atoms with Crippen LogP contribution in [-0.2, 0) is 19.1 Å². The van der Waals surface area contributed by atoms with Crippen molar-refractivity contribution in [2.45, 2.75) is 30.5 Å². The zero-order valence-electron chi connectivity index (χ0n) is 18.7. The lowest BCUT2D eigenvalue weighted by Gasteiger charge is -2.28. The van der Waals surface area contributed by atoms with E-state index in [4.69, 9.17) is 27.9 Å². The Hall–Kier alpha value is -3.23. The number of anilines is 2.